The van der Waals surface area contributed by atoms with E-state index in [-0.39, 0.29) is 6.42 Å². The van der Waals surface area contributed by atoms with E-state index in [9.17, 15) is 4.79 Å². The molecule has 0 saturated carbocycles. The van der Waals surface area contributed by atoms with Crippen LogP contribution < -0.4 is 4.90 Å². The van der Waals surface area contributed by atoms with E-state index in [2.05, 4.69) is 0 Å². The number of anilines is 1. The molecule has 0 amide bonds. The summed E-state index contributed by atoms with van der Waals surface area (Å²) in [6, 6.07) is 8.00. The molecule has 1 N–H and O–H groups in total. The monoisotopic (exact) mass is 221 g/mol. The van der Waals surface area contributed by atoms with Crippen molar-refractivity contribution in [3.8, 4) is 0 Å². The van der Waals surface area contributed by atoms with Crippen molar-refractivity contribution in [3.05, 3.63) is 35.9 Å². The number of benzene rings is 1. The Balaban J connectivity index is 2.15. The van der Waals surface area contributed by atoms with Crippen LogP contribution in [0.4, 0.5) is 5.69 Å². The van der Waals surface area contributed by atoms with E-state index in [0.717, 1.165) is 5.69 Å². The molecule has 0 atom stereocenters. The van der Waals surface area contributed by atoms with Gasteiger partial charge in [-0.15, -0.1) is 0 Å². The van der Waals surface area contributed by atoms with E-state index in [4.69, 9.17) is 5.11 Å². The molecule has 15 heavy (non-hydrogen) atoms. The molecule has 0 aliphatic carbocycles. The maximum absolute atomic E-state index is 10.5. The fourth-order valence-corrected chi connectivity index (χ4v) is 2.28. The van der Waals surface area contributed by atoms with Crippen molar-refractivity contribution in [2.75, 3.05) is 11.4 Å². The summed E-state index contributed by atoms with van der Waals surface area (Å²) in [7, 11) is 0. The summed E-state index contributed by atoms with van der Waals surface area (Å²) in [5, 5.41) is 10.6. The Morgan fingerprint density at radius 3 is 3.00 bits per heavy atom. The van der Waals surface area contributed by atoms with Crippen molar-refractivity contribution in [1.29, 1.82) is 0 Å². The van der Waals surface area contributed by atoms with E-state index in [1.807, 2.05) is 40.8 Å². The summed E-state index contributed by atoms with van der Waals surface area (Å²) < 4.78 is 0. The third kappa shape index (κ3) is 2.33. The number of nitrogens with zero attached hydrogens (tertiary/aromatic N) is 1. The van der Waals surface area contributed by atoms with Crippen molar-refractivity contribution < 1.29 is 9.90 Å². The Hall–Kier alpha value is -1.42. The Bertz CT molecular complexity index is 403. The van der Waals surface area contributed by atoms with Gasteiger partial charge in [-0.3, -0.25) is 4.79 Å². The largest absolute Gasteiger partial charge is 0.481 e. The number of hydrogen-bond acceptors (Lipinski definition) is 3. The van der Waals surface area contributed by atoms with E-state index < -0.39 is 5.97 Å². The quantitative estimate of drug-likeness (QED) is 0.851. The average Bonchev–Trinajstić information content (AvgIpc) is 2.26. The van der Waals surface area contributed by atoms with Crippen LogP contribution in [0, 0.1) is 0 Å². The maximum atomic E-state index is 10.5. The predicted octanol–water partition coefficient (Wildman–Crippen LogP) is 2.54. The van der Waals surface area contributed by atoms with Crippen LogP contribution in [0.15, 0.2) is 40.8 Å². The van der Waals surface area contributed by atoms with E-state index >= 15 is 0 Å². The minimum absolute atomic E-state index is 0.156. The summed E-state index contributed by atoms with van der Waals surface area (Å²) in [6.07, 6.45) is 2.08. The van der Waals surface area contributed by atoms with Gasteiger partial charge in [0.25, 0.3) is 0 Å². The minimum atomic E-state index is -0.765. The second-order valence-electron chi connectivity index (χ2n) is 3.21. The van der Waals surface area contributed by atoms with Gasteiger partial charge in [0.1, 0.15) is 0 Å². The highest BCUT2D eigenvalue weighted by Gasteiger charge is 2.13. The predicted molar refractivity (Wildman–Crippen MR) is 61.0 cm³/mol. The molecule has 0 fully saturated rings. The Morgan fingerprint density at radius 1 is 1.40 bits per heavy atom. The Kier molecular flexibility index (Phi) is 2.97. The molecule has 2 rings (SSSR count). The lowest BCUT2D eigenvalue weighted by molar-refractivity contribution is -0.136. The summed E-state index contributed by atoms with van der Waals surface area (Å²) in [4.78, 5) is 13.6. The van der Waals surface area contributed by atoms with Gasteiger partial charge in [0, 0.05) is 17.6 Å². The topological polar surface area (TPSA) is 40.5 Å². The van der Waals surface area contributed by atoms with Gasteiger partial charge in [-0.1, -0.05) is 23.9 Å². The molecule has 4 heteroatoms. The summed E-state index contributed by atoms with van der Waals surface area (Å²) in [5.74, 6) is -0.765. The number of carboxylic acid groups (broad SMARTS) is 1. The number of hydrogen-bond donors (Lipinski definition) is 1. The molecule has 0 aromatic heterocycles. The average molecular weight is 221 g/mol. The molecule has 0 spiro atoms. The lowest BCUT2D eigenvalue weighted by Gasteiger charge is -2.25. The third-order valence-corrected chi connectivity index (χ3v) is 3.03. The molecule has 3 nitrogen and oxygen atoms in total. The maximum Gasteiger partial charge on any atom is 0.305 e. The van der Waals surface area contributed by atoms with Crippen molar-refractivity contribution in [1.82, 2.24) is 0 Å². The van der Waals surface area contributed by atoms with Crippen LogP contribution in [0.5, 0.6) is 0 Å². The first-order chi connectivity index (χ1) is 7.27. The first-order valence-electron chi connectivity index (χ1n) is 4.68. The van der Waals surface area contributed by atoms with Crippen molar-refractivity contribution in [3.63, 3.8) is 0 Å². The molecule has 1 aliphatic rings. The first-order valence-corrected chi connectivity index (χ1v) is 5.56. The normalized spacial score (nSPS) is 13.7. The first kappa shape index (κ1) is 10.1. The lowest BCUT2D eigenvalue weighted by atomic mass is 10.2. The fourth-order valence-electron chi connectivity index (χ4n) is 1.46. The van der Waals surface area contributed by atoms with E-state index in [1.165, 1.54) is 4.90 Å². The number of carboxylic acids is 1. The van der Waals surface area contributed by atoms with Gasteiger partial charge in [0.2, 0.25) is 0 Å². The SMILES string of the molecule is O=C(O)CCN1C=CSc2ccccc21. The van der Waals surface area contributed by atoms with Gasteiger partial charge in [0.15, 0.2) is 0 Å². The molecule has 1 aromatic rings. The molecule has 0 radical (unpaired) electrons. The standard InChI is InChI=1S/C11H11NO2S/c13-11(14)5-6-12-7-8-15-10-4-2-1-3-9(10)12/h1-4,7-8H,5-6H2,(H,13,14). The highest BCUT2D eigenvalue weighted by molar-refractivity contribution is 8.02. The molecule has 78 valence electrons. The molecular weight excluding hydrogens is 210 g/mol. The highest BCUT2D eigenvalue weighted by Crippen LogP contribution is 2.34. The van der Waals surface area contributed by atoms with Crippen LogP contribution in [-0.4, -0.2) is 17.6 Å². The lowest BCUT2D eigenvalue weighted by Crippen LogP contribution is -2.21. The Labute approximate surface area is 92.4 Å². The summed E-state index contributed by atoms with van der Waals surface area (Å²) in [6.45, 7) is 0.517. The molecule has 0 unspecified atom stereocenters. The molecule has 0 saturated heterocycles. The van der Waals surface area contributed by atoms with Crippen molar-refractivity contribution in [2.45, 2.75) is 11.3 Å². The second kappa shape index (κ2) is 4.40. The van der Waals surface area contributed by atoms with Crippen LogP contribution in [0.2, 0.25) is 0 Å². The van der Waals surface area contributed by atoms with Crippen LogP contribution in [0.25, 0.3) is 0 Å². The number of carbonyl (C=O) groups is 1. The van der Waals surface area contributed by atoms with E-state index in [1.54, 1.807) is 11.8 Å². The fraction of sp³-hybridized carbons (Fsp3) is 0.182. The summed E-state index contributed by atoms with van der Waals surface area (Å²) in [5.41, 5.74) is 1.09. The van der Waals surface area contributed by atoms with Gasteiger partial charge in [0.05, 0.1) is 12.1 Å². The number of para-hydroxylation sites is 1. The number of aliphatic carboxylic acids is 1. The number of rotatable bonds is 3. The minimum Gasteiger partial charge on any atom is -0.481 e. The number of thioether (sulfide) groups is 1. The van der Waals surface area contributed by atoms with Crippen molar-refractivity contribution in [2.24, 2.45) is 0 Å². The zero-order valence-corrected chi connectivity index (χ0v) is 8.91. The van der Waals surface area contributed by atoms with Crippen LogP contribution >= 0.6 is 11.8 Å². The molecule has 1 aliphatic heterocycles. The highest BCUT2D eigenvalue weighted by atomic mass is 32.2. The zero-order valence-electron chi connectivity index (χ0n) is 8.09. The van der Waals surface area contributed by atoms with Gasteiger partial charge >= 0.3 is 5.97 Å². The van der Waals surface area contributed by atoms with Crippen LogP contribution in [0.1, 0.15) is 6.42 Å². The second-order valence-corrected chi connectivity index (χ2v) is 4.16. The summed E-state index contributed by atoms with van der Waals surface area (Å²) >= 11 is 1.66. The molecule has 1 aromatic carbocycles. The van der Waals surface area contributed by atoms with Crippen LogP contribution in [-0.2, 0) is 4.79 Å². The molecular formula is C11H11NO2S. The third-order valence-electron chi connectivity index (χ3n) is 2.18. The zero-order chi connectivity index (χ0) is 10.7. The Morgan fingerprint density at radius 2 is 2.20 bits per heavy atom. The van der Waals surface area contributed by atoms with Crippen molar-refractivity contribution >= 4 is 23.4 Å². The van der Waals surface area contributed by atoms with Gasteiger partial charge < -0.3 is 10.0 Å². The van der Waals surface area contributed by atoms with Crippen LogP contribution in [0.3, 0.4) is 0 Å². The van der Waals surface area contributed by atoms with Gasteiger partial charge in [-0.05, 0) is 17.5 Å². The molecule has 0 bridgehead atoms. The van der Waals surface area contributed by atoms with E-state index in [0.29, 0.717) is 6.54 Å². The number of fused-ring (bicyclic) bond motifs is 1. The van der Waals surface area contributed by atoms with Gasteiger partial charge in [-0.25, -0.2) is 0 Å². The molecule has 1 heterocycles. The van der Waals surface area contributed by atoms with Gasteiger partial charge in [-0.2, -0.15) is 0 Å². The smallest absolute Gasteiger partial charge is 0.305 e.